The van der Waals surface area contributed by atoms with Crippen LogP contribution in [0.2, 0.25) is 0 Å². The first-order chi connectivity index (χ1) is 16.9. The number of halogens is 2. The molecule has 3 amide bonds. The van der Waals surface area contributed by atoms with E-state index in [9.17, 15) is 18.4 Å². The molecule has 0 aromatic heterocycles. The first-order valence-corrected chi connectivity index (χ1v) is 11.1. The fraction of sp³-hybridized carbons (Fsp3) is 0.0370. The minimum atomic E-state index is -0.617. The molecule has 0 heterocycles. The van der Waals surface area contributed by atoms with E-state index in [1.165, 1.54) is 30.3 Å². The lowest BCUT2D eigenvalue weighted by atomic mass is 9.99. The number of anilines is 2. The van der Waals surface area contributed by atoms with Crippen LogP contribution in [-0.2, 0) is 0 Å². The molecular weight excluding hydrogens is 468 g/mol. The van der Waals surface area contributed by atoms with Gasteiger partial charge in [-0.25, -0.2) is 17.9 Å². The second-order valence-electron chi connectivity index (χ2n) is 7.64. The molecule has 0 bridgehead atoms. The van der Waals surface area contributed by atoms with E-state index in [0.29, 0.717) is 16.9 Å². The standard InChI is InChI=1S/C27H21F2N3O2S/c28-20-12-10-19(11-13-20)25(18-6-2-1-3-7-18)31-27(34)32(35)22-16-14-21(15-17-22)30-26(33)23-8-4-5-9-24(23)29/h1-17,25,35H,(H,30,33)(H,31,34). The zero-order valence-electron chi connectivity index (χ0n) is 18.4. The van der Waals surface area contributed by atoms with Crippen LogP contribution in [0.4, 0.5) is 25.0 Å². The molecule has 1 atom stereocenters. The van der Waals surface area contributed by atoms with Gasteiger partial charge in [-0.2, -0.15) is 0 Å². The Kier molecular flexibility index (Phi) is 7.42. The lowest BCUT2D eigenvalue weighted by Gasteiger charge is -2.24. The van der Waals surface area contributed by atoms with E-state index in [-0.39, 0.29) is 11.4 Å². The minimum absolute atomic E-state index is 0.0699. The number of rotatable bonds is 6. The molecule has 8 heteroatoms. The minimum Gasteiger partial charge on any atom is -0.326 e. The number of carbonyl (C=O) groups excluding carboxylic acids is 2. The van der Waals surface area contributed by atoms with Crippen molar-refractivity contribution in [3.05, 3.63) is 131 Å². The summed E-state index contributed by atoms with van der Waals surface area (Å²) in [5.74, 6) is -1.57. The Hall–Kier alpha value is -4.17. The highest BCUT2D eigenvalue weighted by Crippen LogP contribution is 2.25. The van der Waals surface area contributed by atoms with E-state index in [1.54, 1.807) is 42.5 Å². The summed E-state index contributed by atoms with van der Waals surface area (Å²) in [6.45, 7) is 0. The molecule has 0 aliphatic heterocycles. The van der Waals surface area contributed by atoms with Crippen molar-refractivity contribution in [2.24, 2.45) is 0 Å². The fourth-order valence-electron chi connectivity index (χ4n) is 3.49. The maximum atomic E-state index is 13.8. The van der Waals surface area contributed by atoms with Crippen molar-refractivity contribution in [2.45, 2.75) is 6.04 Å². The first kappa shape index (κ1) is 24.0. The fourth-order valence-corrected chi connectivity index (χ4v) is 3.68. The summed E-state index contributed by atoms with van der Waals surface area (Å²) in [5.41, 5.74) is 2.33. The summed E-state index contributed by atoms with van der Waals surface area (Å²) in [7, 11) is 0. The molecule has 176 valence electrons. The third kappa shape index (κ3) is 5.85. The highest BCUT2D eigenvalue weighted by atomic mass is 32.1. The van der Waals surface area contributed by atoms with Crippen LogP contribution in [0.5, 0.6) is 0 Å². The molecule has 35 heavy (non-hydrogen) atoms. The topological polar surface area (TPSA) is 61.4 Å². The highest BCUT2D eigenvalue weighted by Gasteiger charge is 2.21. The Bertz CT molecular complexity index is 1320. The summed E-state index contributed by atoms with van der Waals surface area (Å²) in [5, 5.41) is 5.54. The van der Waals surface area contributed by atoms with Gasteiger partial charge < -0.3 is 10.6 Å². The number of thiol groups is 1. The van der Waals surface area contributed by atoms with Gasteiger partial charge in [0.05, 0.1) is 17.3 Å². The molecular formula is C27H21F2N3O2S. The number of urea groups is 1. The number of benzene rings is 4. The second-order valence-corrected chi connectivity index (χ2v) is 8.04. The Morgan fingerprint density at radius 1 is 0.743 bits per heavy atom. The van der Waals surface area contributed by atoms with Gasteiger partial charge in [0, 0.05) is 5.69 Å². The summed E-state index contributed by atoms with van der Waals surface area (Å²) >= 11 is 4.33. The Morgan fingerprint density at radius 3 is 2.00 bits per heavy atom. The van der Waals surface area contributed by atoms with E-state index in [0.717, 1.165) is 9.87 Å². The van der Waals surface area contributed by atoms with Crippen LogP contribution in [0.1, 0.15) is 27.5 Å². The molecule has 4 aromatic rings. The number of hydrogen-bond donors (Lipinski definition) is 3. The average Bonchev–Trinajstić information content (AvgIpc) is 2.88. The maximum Gasteiger partial charge on any atom is 0.332 e. The lowest BCUT2D eigenvalue weighted by Crippen LogP contribution is -2.37. The molecule has 4 rings (SSSR count). The van der Waals surface area contributed by atoms with Crippen molar-refractivity contribution >= 4 is 36.1 Å². The van der Waals surface area contributed by atoms with Gasteiger partial charge in [0.25, 0.3) is 5.91 Å². The van der Waals surface area contributed by atoms with Crippen LogP contribution in [-0.4, -0.2) is 11.9 Å². The van der Waals surface area contributed by atoms with Gasteiger partial charge in [0.2, 0.25) is 0 Å². The van der Waals surface area contributed by atoms with Crippen LogP contribution in [0.3, 0.4) is 0 Å². The first-order valence-electron chi connectivity index (χ1n) is 10.7. The monoisotopic (exact) mass is 489 g/mol. The normalized spacial score (nSPS) is 11.4. The zero-order chi connectivity index (χ0) is 24.8. The van der Waals surface area contributed by atoms with E-state index in [2.05, 4.69) is 23.4 Å². The lowest BCUT2D eigenvalue weighted by molar-refractivity contribution is 0.102. The smallest absolute Gasteiger partial charge is 0.326 e. The van der Waals surface area contributed by atoms with E-state index >= 15 is 0 Å². The molecule has 0 radical (unpaired) electrons. The van der Waals surface area contributed by atoms with E-state index in [4.69, 9.17) is 0 Å². The Balaban J connectivity index is 1.47. The second kappa shape index (κ2) is 10.8. The van der Waals surface area contributed by atoms with Crippen molar-refractivity contribution in [2.75, 3.05) is 9.62 Å². The van der Waals surface area contributed by atoms with Crippen molar-refractivity contribution in [1.82, 2.24) is 5.32 Å². The van der Waals surface area contributed by atoms with Gasteiger partial charge in [-0.1, -0.05) is 67.4 Å². The molecule has 0 fully saturated rings. The van der Waals surface area contributed by atoms with E-state index in [1.807, 2.05) is 30.3 Å². The summed E-state index contributed by atoms with van der Waals surface area (Å²) in [6, 6.07) is 26.2. The van der Waals surface area contributed by atoms with Crippen molar-refractivity contribution in [3.63, 3.8) is 0 Å². The average molecular weight is 490 g/mol. The quantitative estimate of drug-likeness (QED) is 0.276. The SMILES string of the molecule is O=C(Nc1ccc(N(S)C(=O)NC(c2ccccc2)c2ccc(F)cc2)cc1)c1ccccc1F. The number of hydrogen-bond acceptors (Lipinski definition) is 3. The third-order valence-electron chi connectivity index (χ3n) is 5.28. The molecule has 0 aliphatic carbocycles. The van der Waals surface area contributed by atoms with Crippen molar-refractivity contribution in [3.8, 4) is 0 Å². The largest absolute Gasteiger partial charge is 0.332 e. The summed E-state index contributed by atoms with van der Waals surface area (Å²) in [4.78, 5) is 25.3. The molecule has 0 saturated carbocycles. The van der Waals surface area contributed by atoms with Crippen LogP contribution >= 0.6 is 12.8 Å². The van der Waals surface area contributed by atoms with Gasteiger partial charge in [0.1, 0.15) is 11.6 Å². The van der Waals surface area contributed by atoms with Gasteiger partial charge in [-0.3, -0.25) is 4.79 Å². The number of carbonyl (C=O) groups is 2. The third-order valence-corrected chi connectivity index (χ3v) is 5.70. The molecule has 4 aromatic carbocycles. The maximum absolute atomic E-state index is 13.8. The Labute approximate surface area is 207 Å². The molecule has 0 aliphatic rings. The van der Waals surface area contributed by atoms with Gasteiger partial charge >= 0.3 is 6.03 Å². The van der Waals surface area contributed by atoms with E-state index < -0.39 is 23.8 Å². The molecule has 1 unspecified atom stereocenters. The van der Waals surface area contributed by atoms with Crippen molar-refractivity contribution < 1.29 is 18.4 Å². The summed E-state index contributed by atoms with van der Waals surface area (Å²) < 4.78 is 28.4. The predicted molar refractivity (Wildman–Crippen MR) is 135 cm³/mol. The van der Waals surface area contributed by atoms with Gasteiger partial charge in [-0.15, -0.1) is 0 Å². The van der Waals surface area contributed by atoms with Crippen LogP contribution in [0, 0.1) is 11.6 Å². The number of nitrogens with one attached hydrogen (secondary N) is 2. The number of amides is 3. The predicted octanol–water partition coefficient (Wildman–Crippen LogP) is 6.37. The zero-order valence-corrected chi connectivity index (χ0v) is 19.3. The van der Waals surface area contributed by atoms with Gasteiger partial charge in [0.15, 0.2) is 0 Å². The summed E-state index contributed by atoms with van der Waals surface area (Å²) in [6.07, 6.45) is 0. The van der Waals surface area contributed by atoms with Crippen LogP contribution < -0.4 is 14.9 Å². The van der Waals surface area contributed by atoms with Gasteiger partial charge in [-0.05, 0) is 59.7 Å². The molecule has 0 saturated heterocycles. The number of nitrogens with zero attached hydrogens (tertiary/aromatic N) is 1. The molecule has 0 spiro atoms. The molecule has 2 N–H and O–H groups in total. The molecule has 5 nitrogen and oxygen atoms in total. The van der Waals surface area contributed by atoms with Crippen molar-refractivity contribution in [1.29, 1.82) is 0 Å². The van der Waals surface area contributed by atoms with Crippen LogP contribution in [0.15, 0.2) is 103 Å². The Morgan fingerprint density at radius 2 is 1.34 bits per heavy atom. The van der Waals surface area contributed by atoms with Crippen LogP contribution in [0.25, 0.3) is 0 Å². The highest BCUT2D eigenvalue weighted by molar-refractivity contribution is 7.82.